The van der Waals surface area contributed by atoms with Gasteiger partial charge in [0.2, 0.25) is 0 Å². The molecule has 0 aliphatic rings. The molecule has 19 heavy (non-hydrogen) atoms. The van der Waals surface area contributed by atoms with Gasteiger partial charge in [0.15, 0.2) is 0 Å². The molecule has 3 heteroatoms. The maximum atomic E-state index is 5.73. The Morgan fingerprint density at radius 1 is 1.16 bits per heavy atom. The maximum Gasteiger partial charge on any atom is 0.124 e. The first kappa shape index (κ1) is 13.7. The molecule has 0 saturated carbocycles. The molecule has 1 aromatic heterocycles. The number of hydrogen-bond donors (Lipinski definition) is 1. The Morgan fingerprint density at radius 3 is 2.58 bits per heavy atom. The smallest absolute Gasteiger partial charge is 0.124 e. The lowest BCUT2D eigenvalue weighted by atomic mass is 9.98. The molecule has 1 unspecified atom stereocenters. The highest BCUT2D eigenvalue weighted by molar-refractivity contribution is 5.42. The molecule has 1 heterocycles. The summed E-state index contributed by atoms with van der Waals surface area (Å²) in [6.45, 7) is 7.65. The highest BCUT2D eigenvalue weighted by Gasteiger charge is 2.20. The molecule has 0 spiro atoms. The van der Waals surface area contributed by atoms with Crippen molar-refractivity contribution in [1.82, 2.24) is 5.32 Å². The predicted octanol–water partition coefficient (Wildman–Crippen LogP) is 3.69. The SMILES string of the molecule is CCNC(c1ccccc1OCC)c1ccoc1C. The van der Waals surface area contributed by atoms with Crippen LogP contribution in [0.2, 0.25) is 0 Å². The van der Waals surface area contributed by atoms with Gasteiger partial charge in [0.25, 0.3) is 0 Å². The molecule has 0 aliphatic heterocycles. The Bertz CT molecular complexity index is 519. The van der Waals surface area contributed by atoms with E-state index >= 15 is 0 Å². The van der Waals surface area contributed by atoms with Crippen LogP contribution >= 0.6 is 0 Å². The Labute approximate surface area is 114 Å². The second-order valence-corrected chi connectivity index (χ2v) is 4.39. The van der Waals surface area contributed by atoms with Gasteiger partial charge < -0.3 is 14.5 Å². The van der Waals surface area contributed by atoms with Gasteiger partial charge in [0, 0.05) is 11.1 Å². The molecule has 0 radical (unpaired) electrons. The number of aryl methyl sites for hydroxylation is 1. The van der Waals surface area contributed by atoms with Gasteiger partial charge in [-0.05, 0) is 32.5 Å². The van der Waals surface area contributed by atoms with Gasteiger partial charge in [-0.25, -0.2) is 0 Å². The zero-order chi connectivity index (χ0) is 13.7. The number of nitrogens with one attached hydrogen (secondary N) is 1. The van der Waals surface area contributed by atoms with Crippen LogP contribution in [-0.2, 0) is 0 Å². The molecule has 0 bridgehead atoms. The van der Waals surface area contributed by atoms with Crippen LogP contribution in [0.1, 0.15) is 36.8 Å². The van der Waals surface area contributed by atoms with E-state index in [2.05, 4.69) is 18.3 Å². The standard InChI is InChI=1S/C16H21NO2/c1-4-17-16(13-10-11-19-12(13)3)14-8-6-7-9-15(14)18-5-2/h6-11,16-17H,4-5H2,1-3H3. The normalized spacial score (nSPS) is 12.4. The van der Waals surface area contributed by atoms with Crippen LogP contribution in [0.3, 0.4) is 0 Å². The minimum Gasteiger partial charge on any atom is -0.494 e. The third-order valence-electron chi connectivity index (χ3n) is 3.15. The quantitative estimate of drug-likeness (QED) is 0.859. The van der Waals surface area contributed by atoms with E-state index in [9.17, 15) is 0 Å². The third kappa shape index (κ3) is 2.99. The fourth-order valence-corrected chi connectivity index (χ4v) is 2.29. The first-order valence-electron chi connectivity index (χ1n) is 6.77. The van der Waals surface area contributed by atoms with Gasteiger partial charge in [-0.15, -0.1) is 0 Å². The maximum absolute atomic E-state index is 5.73. The zero-order valence-electron chi connectivity index (χ0n) is 11.8. The summed E-state index contributed by atoms with van der Waals surface area (Å²) in [5.41, 5.74) is 2.31. The summed E-state index contributed by atoms with van der Waals surface area (Å²) in [7, 11) is 0. The summed E-state index contributed by atoms with van der Waals surface area (Å²) in [6.07, 6.45) is 1.73. The number of ether oxygens (including phenoxy) is 1. The molecule has 1 atom stereocenters. The van der Waals surface area contributed by atoms with E-state index in [-0.39, 0.29) is 6.04 Å². The minimum absolute atomic E-state index is 0.103. The second kappa shape index (κ2) is 6.43. The van der Waals surface area contributed by atoms with E-state index in [1.165, 1.54) is 0 Å². The lowest BCUT2D eigenvalue weighted by Gasteiger charge is -2.21. The largest absolute Gasteiger partial charge is 0.494 e. The fourth-order valence-electron chi connectivity index (χ4n) is 2.29. The summed E-state index contributed by atoms with van der Waals surface area (Å²) >= 11 is 0. The third-order valence-corrected chi connectivity index (χ3v) is 3.15. The van der Waals surface area contributed by atoms with Crippen molar-refractivity contribution >= 4 is 0 Å². The van der Waals surface area contributed by atoms with Gasteiger partial charge in [-0.1, -0.05) is 25.1 Å². The molecule has 0 amide bonds. The second-order valence-electron chi connectivity index (χ2n) is 4.39. The average molecular weight is 259 g/mol. The van der Waals surface area contributed by atoms with E-state index in [1.54, 1.807) is 6.26 Å². The van der Waals surface area contributed by atoms with Crippen LogP contribution in [0.4, 0.5) is 0 Å². The molecule has 3 nitrogen and oxygen atoms in total. The Hall–Kier alpha value is -1.74. The van der Waals surface area contributed by atoms with E-state index < -0.39 is 0 Å². The molecule has 102 valence electrons. The molecule has 1 aromatic carbocycles. The molecule has 0 fully saturated rings. The van der Waals surface area contributed by atoms with Crippen molar-refractivity contribution in [2.24, 2.45) is 0 Å². The van der Waals surface area contributed by atoms with Crippen LogP contribution < -0.4 is 10.1 Å². The van der Waals surface area contributed by atoms with Crippen LogP contribution in [0.25, 0.3) is 0 Å². The predicted molar refractivity (Wildman–Crippen MR) is 76.6 cm³/mol. The summed E-state index contributed by atoms with van der Waals surface area (Å²) in [6, 6.07) is 10.3. The van der Waals surface area contributed by atoms with Gasteiger partial charge in [0.05, 0.1) is 18.9 Å². The average Bonchev–Trinajstić information content (AvgIpc) is 2.84. The highest BCUT2D eigenvalue weighted by atomic mass is 16.5. The number of para-hydroxylation sites is 1. The van der Waals surface area contributed by atoms with Crippen LogP contribution in [0, 0.1) is 6.92 Å². The van der Waals surface area contributed by atoms with Crippen molar-refractivity contribution < 1.29 is 9.15 Å². The number of furan rings is 1. The number of rotatable bonds is 6. The first-order valence-corrected chi connectivity index (χ1v) is 6.77. The van der Waals surface area contributed by atoms with Crippen LogP contribution in [0.15, 0.2) is 41.0 Å². The van der Waals surface area contributed by atoms with E-state index in [0.29, 0.717) is 6.61 Å². The topological polar surface area (TPSA) is 34.4 Å². The Balaban J connectivity index is 2.42. The van der Waals surface area contributed by atoms with Gasteiger partial charge in [-0.2, -0.15) is 0 Å². The Morgan fingerprint density at radius 2 is 1.95 bits per heavy atom. The first-order chi connectivity index (χ1) is 9.27. The summed E-state index contributed by atoms with van der Waals surface area (Å²) in [5.74, 6) is 1.87. The van der Waals surface area contributed by atoms with Crippen LogP contribution in [0.5, 0.6) is 5.75 Å². The van der Waals surface area contributed by atoms with Gasteiger partial charge in [0.1, 0.15) is 11.5 Å². The lowest BCUT2D eigenvalue weighted by molar-refractivity contribution is 0.333. The van der Waals surface area contributed by atoms with Crippen molar-refractivity contribution in [2.45, 2.75) is 26.8 Å². The lowest BCUT2D eigenvalue weighted by Crippen LogP contribution is -2.22. The summed E-state index contributed by atoms with van der Waals surface area (Å²) in [5, 5.41) is 3.50. The molecular weight excluding hydrogens is 238 g/mol. The van der Waals surface area contributed by atoms with Crippen molar-refractivity contribution in [3.63, 3.8) is 0 Å². The van der Waals surface area contributed by atoms with Gasteiger partial charge in [-0.3, -0.25) is 0 Å². The monoisotopic (exact) mass is 259 g/mol. The number of hydrogen-bond acceptors (Lipinski definition) is 3. The molecule has 1 N–H and O–H groups in total. The van der Waals surface area contributed by atoms with Gasteiger partial charge >= 0.3 is 0 Å². The van der Waals surface area contributed by atoms with E-state index in [4.69, 9.17) is 9.15 Å². The van der Waals surface area contributed by atoms with Crippen molar-refractivity contribution in [2.75, 3.05) is 13.2 Å². The van der Waals surface area contributed by atoms with Crippen molar-refractivity contribution in [3.8, 4) is 5.75 Å². The minimum atomic E-state index is 0.103. The molecule has 0 saturated heterocycles. The van der Waals surface area contributed by atoms with Crippen molar-refractivity contribution in [3.05, 3.63) is 53.5 Å². The van der Waals surface area contributed by atoms with Crippen molar-refractivity contribution in [1.29, 1.82) is 0 Å². The highest BCUT2D eigenvalue weighted by Crippen LogP contribution is 2.32. The molecule has 0 aliphatic carbocycles. The Kier molecular flexibility index (Phi) is 4.63. The fraction of sp³-hybridized carbons (Fsp3) is 0.375. The molecular formula is C16H21NO2. The zero-order valence-corrected chi connectivity index (χ0v) is 11.8. The summed E-state index contributed by atoms with van der Waals surface area (Å²) < 4.78 is 11.2. The molecule has 2 aromatic rings. The number of benzene rings is 1. The van der Waals surface area contributed by atoms with E-state index in [1.807, 2.05) is 38.1 Å². The van der Waals surface area contributed by atoms with E-state index in [0.717, 1.165) is 29.2 Å². The summed E-state index contributed by atoms with van der Waals surface area (Å²) in [4.78, 5) is 0. The van der Waals surface area contributed by atoms with Crippen LogP contribution in [-0.4, -0.2) is 13.2 Å². The molecule has 2 rings (SSSR count).